The lowest BCUT2D eigenvalue weighted by molar-refractivity contribution is 0.475. The van der Waals surface area contributed by atoms with Gasteiger partial charge in [-0.05, 0) is 47.0 Å². The number of aromatic amines is 1. The van der Waals surface area contributed by atoms with E-state index in [1.54, 1.807) is 18.3 Å². The number of hydrogen-bond donors (Lipinski definition) is 3. The van der Waals surface area contributed by atoms with Crippen molar-refractivity contribution in [1.82, 2.24) is 25.6 Å². The van der Waals surface area contributed by atoms with Gasteiger partial charge in [-0.25, -0.2) is 10.1 Å². The Labute approximate surface area is 127 Å². The molecule has 0 unspecified atom stereocenters. The Morgan fingerprint density at radius 3 is 2.86 bits per heavy atom. The highest BCUT2D eigenvalue weighted by molar-refractivity contribution is 5.62. The van der Waals surface area contributed by atoms with Crippen molar-refractivity contribution >= 4 is 11.5 Å². The van der Waals surface area contributed by atoms with Crippen LogP contribution in [0.25, 0.3) is 0 Å². The molecule has 3 rings (SSSR count). The number of hydrogen-bond acceptors (Lipinski definition) is 6. The largest absolute Gasteiger partial charge is 0.508 e. The van der Waals surface area contributed by atoms with Crippen LogP contribution >= 0.6 is 0 Å². The first-order valence-electron chi connectivity index (χ1n) is 6.95. The number of tetrazole rings is 1. The minimum atomic E-state index is 0.184. The second-order valence-electron chi connectivity index (χ2n) is 5.02. The fraction of sp³-hybridized carbons (Fsp3) is 0.200. The smallest absolute Gasteiger partial charge is 0.148 e. The van der Waals surface area contributed by atoms with Crippen LogP contribution in [0, 0.1) is 6.92 Å². The molecule has 0 aliphatic heterocycles. The van der Waals surface area contributed by atoms with Gasteiger partial charge in [-0.1, -0.05) is 12.1 Å². The third-order valence-corrected chi connectivity index (χ3v) is 3.35. The van der Waals surface area contributed by atoms with Crippen LogP contribution in [0.4, 0.5) is 11.5 Å². The van der Waals surface area contributed by atoms with E-state index in [1.807, 2.05) is 6.92 Å². The second kappa shape index (κ2) is 6.21. The van der Waals surface area contributed by atoms with Crippen molar-refractivity contribution in [3.63, 3.8) is 0 Å². The van der Waals surface area contributed by atoms with Gasteiger partial charge in [-0.2, -0.15) is 0 Å². The Morgan fingerprint density at radius 2 is 2.09 bits per heavy atom. The normalized spacial score (nSPS) is 10.6. The zero-order chi connectivity index (χ0) is 15.4. The number of rotatable bonds is 5. The molecular weight excluding hydrogens is 280 g/mol. The molecule has 0 aliphatic carbocycles. The van der Waals surface area contributed by atoms with Crippen LogP contribution in [0.3, 0.4) is 0 Å². The van der Waals surface area contributed by atoms with Crippen molar-refractivity contribution in [1.29, 1.82) is 0 Å². The maximum absolute atomic E-state index is 9.50. The molecular formula is C15H16N6O. The minimum Gasteiger partial charge on any atom is -0.508 e. The van der Waals surface area contributed by atoms with E-state index in [9.17, 15) is 5.11 Å². The lowest BCUT2D eigenvalue weighted by Gasteiger charge is -2.11. The van der Waals surface area contributed by atoms with Crippen molar-refractivity contribution < 1.29 is 5.11 Å². The summed E-state index contributed by atoms with van der Waals surface area (Å²) in [6.07, 6.45) is 3.15. The van der Waals surface area contributed by atoms with E-state index in [0.717, 1.165) is 29.9 Å². The summed E-state index contributed by atoms with van der Waals surface area (Å²) in [7, 11) is 0. The highest BCUT2D eigenvalue weighted by Gasteiger charge is 2.04. The maximum atomic E-state index is 9.50. The number of aromatic hydroxyl groups is 1. The standard InChI is InChI=1S/C15H16N6O/c1-10-2-3-11(4-5-14-18-20-21-19-14)8-13(10)17-15-9-12(22)6-7-16-15/h2-3,6-9H,4-5H2,1H3,(H2,16,17,22)(H,18,19,20,21). The molecule has 112 valence electrons. The third kappa shape index (κ3) is 3.38. The minimum absolute atomic E-state index is 0.184. The summed E-state index contributed by atoms with van der Waals surface area (Å²) in [4.78, 5) is 4.19. The van der Waals surface area contributed by atoms with E-state index in [1.165, 1.54) is 5.56 Å². The van der Waals surface area contributed by atoms with E-state index >= 15 is 0 Å². The molecule has 2 aromatic heterocycles. The van der Waals surface area contributed by atoms with Crippen LogP contribution in [-0.4, -0.2) is 30.7 Å². The molecule has 7 heteroatoms. The highest BCUT2D eigenvalue weighted by atomic mass is 16.3. The number of H-pyrrole nitrogens is 1. The van der Waals surface area contributed by atoms with Crippen LogP contribution in [0.1, 0.15) is 17.0 Å². The Balaban J connectivity index is 1.74. The van der Waals surface area contributed by atoms with Crippen molar-refractivity contribution in [2.45, 2.75) is 19.8 Å². The van der Waals surface area contributed by atoms with Gasteiger partial charge in [0.25, 0.3) is 0 Å². The molecule has 0 saturated carbocycles. The first-order chi connectivity index (χ1) is 10.7. The molecule has 2 heterocycles. The summed E-state index contributed by atoms with van der Waals surface area (Å²) < 4.78 is 0. The van der Waals surface area contributed by atoms with Crippen LogP contribution in [0.2, 0.25) is 0 Å². The molecule has 0 spiro atoms. The third-order valence-electron chi connectivity index (χ3n) is 3.35. The molecule has 0 atom stereocenters. The van der Waals surface area contributed by atoms with Gasteiger partial charge in [-0.15, -0.1) is 5.10 Å². The number of anilines is 2. The fourth-order valence-corrected chi connectivity index (χ4v) is 2.13. The topological polar surface area (TPSA) is 99.6 Å². The lowest BCUT2D eigenvalue weighted by Crippen LogP contribution is -1.98. The second-order valence-corrected chi connectivity index (χ2v) is 5.02. The average molecular weight is 296 g/mol. The highest BCUT2D eigenvalue weighted by Crippen LogP contribution is 2.23. The van der Waals surface area contributed by atoms with Gasteiger partial charge in [0, 0.05) is 24.4 Å². The van der Waals surface area contributed by atoms with Crippen molar-refractivity contribution in [3.05, 3.63) is 53.5 Å². The lowest BCUT2D eigenvalue weighted by atomic mass is 10.1. The van der Waals surface area contributed by atoms with Gasteiger partial charge in [0.05, 0.1) is 0 Å². The van der Waals surface area contributed by atoms with Gasteiger partial charge in [-0.3, -0.25) is 0 Å². The number of benzene rings is 1. The molecule has 3 aromatic rings. The fourth-order valence-electron chi connectivity index (χ4n) is 2.13. The van der Waals surface area contributed by atoms with E-state index in [4.69, 9.17) is 0 Å². The van der Waals surface area contributed by atoms with Crippen LogP contribution in [0.5, 0.6) is 5.75 Å². The van der Waals surface area contributed by atoms with Crippen molar-refractivity contribution in [2.24, 2.45) is 0 Å². The van der Waals surface area contributed by atoms with E-state index in [2.05, 4.69) is 49.1 Å². The predicted molar refractivity (Wildman–Crippen MR) is 81.9 cm³/mol. The summed E-state index contributed by atoms with van der Waals surface area (Å²) in [5.41, 5.74) is 3.24. The number of aryl methyl sites for hydroxylation is 3. The molecule has 0 radical (unpaired) electrons. The van der Waals surface area contributed by atoms with Gasteiger partial charge >= 0.3 is 0 Å². The molecule has 0 aliphatic rings. The van der Waals surface area contributed by atoms with Gasteiger partial charge in [0.15, 0.2) is 0 Å². The number of nitrogens with zero attached hydrogens (tertiary/aromatic N) is 4. The van der Waals surface area contributed by atoms with Gasteiger partial charge in [0.1, 0.15) is 17.4 Å². The quantitative estimate of drug-likeness (QED) is 0.667. The molecule has 0 bridgehead atoms. The zero-order valence-electron chi connectivity index (χ0n) is 12.1. The molecule has 1 aromatic carbocycles. The first kappa shape index (κ1) is 14.0. The van der Waals surface area contributed by atoms with E-state index in [-0.39, 0.29) is 5.75 Å². The Bertz CT molecular complexity index is 756. The van der Waals surface area contributed by atoms with Crippen molar-refractivity contribution in [3.8, 4) is 5.75 Å². The Morgan fingerprint density at radius 1 is 1.18 bits per heavy atom. The number of nitrogens with one attached hydrogen (secondary N) is 2. The Hall–Kier alpha value is -2.96. The SMILES string of the molecule is Cc1ccc(CCc2nnn[nH]2)cc1Nc1cc(O)ccn1. The molecule has 0 amide bonds. The maximum Gasteiger partial charge on any atom is 0.148 e. The van der Waals surface area contributed by atoms with Gasteiger partial charge < -0.3 is 10.4 Å². The molecule has 3 N–H and O–H groups in total. The average Bonchev–Trinajstić information content (AvgIpc) is 3.01. The molecule has 7 nitrogen and oxygen atoms in total. The zero-order valence-corrected chi connectivity index (χ0v) is 12.1. The van der Waals surface area contributed by atoms with Crippen LogP contribution < -0.4 is 5.32 Å². The molecule has 0 fully saturated rings. The van der Waals surface area contributed by atoms with Crippen LogP contribution in [-0.2, 0) is 12.8 Å². The monoisotopic (exact) mass is 296 g/mol. The van der Waals surface area contributed by atoms with E-state index < -0.39 is 0 Å². The predicted octanol–water partition coefficient (Wildman–Crippen LogP) is 2.14. The van der Waals surface area contributed by atoms with Crippen molar-refractivity contribution in [2.75, 3.05) is 5.32 Å². The molecule has 0 saturated heterocycles. The summed E-state index contributed by atoms with van der Waals surface area (Å²) in [5, 5.41) is 26.5. The summed E-state index contributed by atoms with van der Waals surface area (Å²) >= 11 is 0. The van der Waals surface area contributed by atoms with Crippen LogP contribution in [0.15, 0.2) is 36.5 Å². The molecule has 22 heavy (non-hydrogen) atoms. The summed E-state index contributed by atoms with van der Waals surface area (Å²) in [6, 6.07) is 9.34. The summed E-state index contributed by atoms with van der Waals surface area (Å²) in [5.74, 6) is 1.56. The van der Waals surface area contributed by atoms with E-state index in [0.29, 0.717) is 5.82 Å². The Kier molecular flexibility index (Phi) is 3.95. The summed E-state index contributed by atoms with van der Waals surface area (Å²) in [6.45, 7) is 2.02. The van der Waals surface area contributed by atoms with Gasteiger partial charge in [0.2, 0.25) is 0 Å². The number of pyridine rings is 1. The first-order valence-corrected chi connectivity index (χ1v) is 6.95. The number of aromatic nitrogens is 5.